The summed E-state index contributed by atoms with van der Waals surface area (Å²) in [6.07, 6.45) is 0. The van der Waals surface area contributed by atoms with E-state index in [0.29, 0.717) is 17.9 Å². The van der Waals surface area contributed by atoms with Gasteiger partial charge in [0.05, 0.1) is 7.11 Å². The van der Waals surface area contributed by atoms with Gasteiger partial charge in [-0.2, -0.15) is 0 Å². The molecule has 0 fully saturated rings. The molecule has 2 atom stereocenters. The lowest BCUT2D eigenvalue weighted by molar-refractivity contribution is -0.139. The molecule has 90 valence electrons. The molecule has 0 radical (unpaired) electrons. The van der Waals surface area contributed by atoms with Gasteiger partial charge in [-0.3, -0.25) is 4.79 Å². The van der Waals surface area contributed by atoms with Crippen LogP contribution in [0.3, 0.4) is 0 Å². The first-order valence-electron chi connectivity index (χ1n) is 5.21. The van der Waals surface area contributed by atoms with Crippen LogP contribution in [0.1, 0.15) is 27.7 Å². The Morgan fingerprint density at radius 1 is 1.40 bits per heavy atom. The van der Waals surface area contributed by atoms with Gasteiger partial charge in [0.2, 0.25) is 0 Å². The summed E-state index contributed by atoms with van der Waals surface area (Å²) in [4.78, 5) is 10.8. The summed E-state index contributed by atoms with van der Waals surface area (Å²) in [5.74, 6) is 0.334. The zero-order valence-electron chi connectivity index (χ0n) is 10.3. The minimum atomic E-state index is -0.255. The predicted molar refractivity (Wildman–Crippen MR) is 66.2 cm³/mol. The van der Waals surface area contributed by atoms with Gasteiger partial charge < -0.3 is 10.1 Å². The summed E-state index contributed by atoms with van der Waals surface area (Å²) in [6.45, 7) is 10.4. The third kappa shape index (κ3) is 6.15. The largest absolute Gasteiger partial charge is 0.468 e. The van der Waals surface area contributed by atoms with Crippen molar-refractivity contribution in [3.8, 4) is 0 Å². The maximum atomic E-state index is 11.1. The number of rotatable bonds is 5. The second kappa shape index (κ2) is 6.48. The van der Waals surface area contributed by atoms with E-state index < -0.39 is 0 Å². The van der Waals surface area contributed by atoms with Crippen LogP contribution < -0.4 is 5.32 Å². The van der Waals surface area contributed by atoms with Crippen molar-refractivity contribution in [2.45, 2.75) is 32.5 Å². The molecule has 0 bridgehead atoms. The zero-order chi connectivity index (χ0) is 12.1. The minimum Gasteiger partial charge on any atom is -0.468 e. The zero-order valence-corrected chi connectivity index (χ0v) is 11.8. The summed E-state index contributed by atoms with van der Waals surface area (Å²) >= 11 is 3.27. The molecule has 0 aliphatic heterocycles. The van der Waals surface area contributed by atoms with E-state index in [2.05, 4.69) is 53.7 Å². The van der Waals surface area contributed by atoms with Crippen molar-refractivity contribution >= 4 is 21.9 Å². The van der Waals surface area contributed by atoms with E-state index in [9.17, 15) is 4.79 Å². The van der Waals surface area contributed by atoms with Crippen LogP contribution in [0.25, 0.3) is 0 Å². The number of methoxy groups -OCH3 is 1. The van der Waals surface area contributed by atoms with Crippen molar-refractivity contribution in [2.75, 3.05) is 20.2 Å². The van der Waals surface area contributed by atoms with Crippen molar-refractivity contribution in [3.05, 3.63) is 0 Å². The maximum absolute atomic E-state index is 11.1. The molecule has 0 heterocycles. The third-order valence-corrected chi connectivity index (χ3v) is 3.41. The van der Waals surface area contributed by atoms with Crippen LogP contribution in [-0.4, -0.2) is 31.0 Å². The summed E-state index contributed by atoms with van der Waals surface area (Å²) in [6, 6.07) is 0. The Labute approximate surface area is 101 Å². The van der Waals surface area contributed by atoms with Gasteiger partial charge in [0.1, 0.15) is 4.83 Å². The first-order valence-corrected chi connectivity index (χ1v) is 6.13. The molecule has 0 aromatic rings. The third-order valence-electron chi connectivity index (χ3n) is 2.71. The highest BCUT2D eigenvalue weighted by Crippen LogP contribution is 2.24. The van der Waals surface area contributed by atoms with E-state index in [1.807, 2.05) is 0 Å². The maximum Gasteiger partial charge on any atom is 0.320 e. The molecular formula is C11H22BrNO2. The van der Waals surface area contributed by atoms with Crippen molar-refractivity contribution < 1.29 is 9.53 Å². The van der Waals surface area contributed by atoms with Gasteiger partial charge >= 0.3 is 5.97 Å². The Balaban J connectivity index is 3.76. The van der Waals surface area contributed by atoms with Crippen molar-refractivity contribution in [1.29, 1.82) is 0 Å². The van der Waals surface area contributed by atoms with Crippen LogP contribution in [0.2, 0.25) is 0 Å². The number of nitrogens with one attached hydrogen (secondary N) is 1. The van der Waals surface area contributed by atoms with Gasteiger partial charge in [-0.05, 0) is 17.9 Å². The SMILES string of the molecule is COC(=O)C(Br)CNCC(C)C(C)(C)C. The molecule has 0 aliphatic rings. The van der Waals surface area contributed by atoms with E-state index in [4.69, 9.17) is 0 Å². The molecule has 0 amide bonds. The fourth-order valence-electron chi connectivity index (χ4n) is 0.944. The topological polar surface area (TPSA) is 38.3 Å². The lowest BCUT2D eigenvalue weighted by atomic mass is 9.82. The standard InChI is InChI=1S/C11H22BrNO2/c1-8(11(2,3)4)6-13-7-9(12)10(14)15-5/h8-9,13H,6-7H2,1-5H3. The first kappa shape index (κ1) is 14.9. The van der Waals surface area contributed by atoms with Crippen molar-refractivity contribution in [1.82, 2.24) is 5.32 Å². The Morgan fingerprint density at radius 2 is 1.93 bits per heavy atom. The number of ether oxygens (including phenoxy) is 1. The molecule has 0 aliphatic carbocycles. The molecular weight excluding hydrogens is 258 g/mol. The van der Waals surface area contributed by atoms with Crippen LogP contribution >= 0.6 is 15.9 Å². The van der Waals surface area contributed by atoms with Crippen LogP contribution in [0, 0.1) is 11.3 Å². The number of hydrogen-bond donors (Lipinski definition) is 1. The fraction of sp³-hybridized carbons (Fsp3) is 0.909. The van der Waals surface area contributed by atoms with Crippen LogP contribution in [-0.2, 0) is 9.53 Å². The van der Waals surface area contributed by atoms with Gasteiger partial charge in [-0.15, -0.1) is 0 Å². The molecule has 2 unspecified atom stereocenters. The summed E-state index contributed by atoms with van der Waals surface area (Å²) < 4.78 is 4.61. The number of carbonyl (C=O) groups is 1. The van der Waals surface area contributed by atoms with Gasteiger partial charge in [0, 0.05) is 6.54 Å². The lowest BCUT2D eigenvalue weighted by Crippen LogP contribution is -2.35. The highest BCUT2D eigenvalue weighted by molar-refractivity contribution is 9.10. The molecule has 15 heavy (non-hydrogen) atoms. The Bertz CT molecular complexity index is 201. The number of carbonyl (C=O) groups excluding carboxylic acids is 1. The fourth-order valence-corrected chi connectivity index (χ4v) is 1.36. The molecule has 0 aromatic heterocycles. The van der Waals surface area contributed by atoms with Gasteiger partial charge in [-0.25, -0.2) is 0 Å². The number of halogens is 1. The molecule has 0 aromatic carbocycles. The monoisotopic (exact) mass is 279 g/mol. The quantitative estimate of drug-likeness (QED) is 0.619. The van der Waals surface area contributed by atoms with Crippen LogP contribution in [0.4, 0.5) is 0 Å². The minimum absolute atomic E-state index is 0.231. The van der Waals surface area contributed by atoms with Gasteiger partial charge in [-0.1, -0.05) is 43.6 Å². The van der Waals surface area contributed by atoms with Crippen LogP contribution in [0.5, 0.6) is 0 Å². The van der Waals surface area contributed by atoms with Crippen molar-refractivity contribution in [2.24, 2.45) is 11.3 Å². The second-order valence-electron chi connectivity index (χ2n) is 4.92. The average Bonchev–Trinajstić information content (AvgIpc) is 2.14. The first-order chi connectivity index (χ1) is 6.79. The predicted octanol–water partition coefficient (Wildman–Crippen LogP) is 2.19. The van der Waals surface area contributed by atoms with Gasteiger partial charge in [0.15, 0.2) is 0 Å². The summed E-state index contributed by atoms with van der Waals surface area (Å²) in [5, 5.41) is 3.26. The molecule has 0 spiro atoms. The van der Waals surface area contributed by atoms with Crippen molar-refractivity contribution in [3.63, 3.8) is 0 Å². The van der Waals surface area contributed by atoms with E-state index in [1.54, 1.807) is 0 Å². The normalized spacial score (nSPS) is 15.9. The van der Waals surface area contributed by atoms with Gasteiger partial charge in [0.25, 0.3) is 0 Å². The Kier molecular flexibility index (Phi) is 6.44. The average molecular weight is 280 g/mol. The van der Waals surface area contributed by atoms with E-state index in [1.165, 1.54) is 7.11 Å². The molecule has 3 nitrogen and oxygen atoms in total. The molecule has 1 N–H and O–H groups in total. The number of esters is 1. The number of alkyl halides is 1. The van der Waals surface area contributed by atoms with E-state index in [0.717, 1.165) is 6.54 Å². The van der Waals surface area contributed by atoms with Crippen LogP contribution in [0.15, 0.2) is 0 Å². The summed E-state index contributed by atoms with van der Waals surface area (Å²) in [5.41, 5.74) is 0.292. The molecule has 0 rings (SSSR count). The summed E-state index contributed by atoms with van der Waals surface area (Å²) in [7, 11) is 1.40. The number of hydrogen-bond acceptors (Lipinski definition) is 3. The molecule has 4 heteroatoms. The highest BCUT2D eigenvalue weighted by atomic mass is 79.9. The smallest absolute Gasteiger partial charge is 0.320 e. The Morgan fingerprint density at radius 3 is 2.33 bits per heavy atom. The molecule has 0 saturated heterocycles. The lowest BCUT2D eigenvalue weighted by Gasteiger charge is -2.27. The van der Waals surface area contributed by atoms with E-state index in [-0.39, 0.29) is 10.8 Å². The highest BCUT2D eigenvalue weighted by Gasteiger charge is 2.20. The Hall–Kier alpha value is -0.0900. The molecule has 0 saturated carbocycles. The van der Waals surface area contributed by atoms with E-state index >= 15 is 0 Å². The second-order valence-corrected chi connectivity index (χ2v) is 6.02.